The summed E-state index contributed by atoms with van der Waals surface area (Å²) in [5.74, 6) is 0. The highest BCUT2D eigenvalue weighted by molar-refractivity contribution is 6.29. The molecular formula is C4H4Cl2N2. The van der Waals surface area contributed by atoms with E-state index in [4.69, 9.17) is 23.2 Å². The van der Waals surface area contributed by atoms with E-state index in [0.717, 1.165) is 0 Å². The minimum Gasteiger partial charge on any atom is -0.168 e. The van der Waals surface area contributed by atoms with Gasteiger partial charge in [-0.15, -0.1) is 5.11 Å². The highest BCUT2D eigenvalue weighted by Crippen LogP contribution is 2.17. The van der Waals surface area contributed by atoms with Crippen LogP contribution in [0, 0.1) is 0 Å². The lowest BCUT2D eigenvalue weighted by Crippen LogP contribution is -1.93. The molecule has 2 nitrogen and oxygen atoms in total. The summed E-state index contributed by atoms with van der Waals surface area (Å²) in [4.78, 5) is 0. The van der Waals surface area contributed by atoms with Crippen LogP contribution in [0.15, 0.2) is 21.5 Å². The molecule has 0 aromatic carbocycles. The second-order valence-electron chi connectivity index (χ2n) is 1.41. The Balaban J connectivity index is 2.58. The molecule has 1 unspecified atom stereocenters. The van der Waals surface area contributed by atoms with Crippen molar-refractivity contribution >= 4 is 23.2 Å². The number of hydrogen-bond donors (Lipinski definition) is 0. The minimum absolute atomic E-state index is 0.211. The van der Waals surface area contributed by atoms with Crippen LogP contribution in [0.3, 0.4) is 0 Å². The van der Waals surface area contributed by atoms with Crippen molar-refractivity contribution in [1.29, 1.82) is 0 Å². The van der Waals surface area contributed by atoms with Crippen molar-refractivity contribution in [3.8, 4) is 0 Å². The molecule has 0 amide bonds. The van der Waals surface area contributed by atoms with E-state index in [9.17, 15) is 0 Å². The van der Waals surface area contributed by atoms with E-state index in [1.165, 1.54) is 0 Å². The molecule has 0 aromatic heterocycles. The number of hydrogen-bond acceptors (Lipinski definition) is 2. The maximum absolute atomic E-state index is 5.52. The Morgan fingerprint density at radius 2 is 2.50 bits per heavy atom. The first-order chi connectivity index (χ1) is 3.79. The first-order valence-electron chi connectivity index (χ1n) is 2.19. The number of halogens is 2. The van der Waals surface area contributed by atoms with Gasteiger partial charge < -0.3 is 0 Å². The highest BCUT2D eigenvalue weighted by atomic mass is 35.5. The average Bonchev–Trinajstić information content (AvgIpc) is 1.77. The first-order valence-corrected chi connectivity index (χ1v) is 3.01. The molecule has 1 rings (SSSR count). The molecule has 4 heteroatoms. The van der Waals surface area contributed by atoms with Crippen molar-refractivity contribution in [3.63, 3.8) is 0 Å². The predicted molar refractivity (Wildman–Crippen MR) is 33.0 cm³/mol. The van der Waals surface area contributed by atoms with Gasteiger partial charge in [0.05, 0.1) is 0 Å². The van der Waals surface area contributed by atoms with Crippen LogP contribution in [0.4, 0.5) is 0 Å². The Bertz CT molecular complexity index is 141. The zero-order valence-electron chi connectivity index (χ0n) is 4.01. The van der Waals surface area contributed by atoms with Gasteiger partial charge >= 0.3 is 0 Å². The molecule has 44 valence electrons. The van der Waals surface area contributed by atoms with Gasteiger partial charge in [0.25, 0.3) is 0 Å². The standard InChI is InChI=1S/C4H4Cl2N2/c5-3-1-2-4(6)8-7-3/h1,4H,2H2. The Labute approximate surface area is 57.2 Å². The Morgan fingerprint density at radius 1 is 1.75 bits per heavy atom. The molecule has 1 atom stereocenters. The molecule has 0 radical (unpaired) electrons. The zero-order valence-corrected chi connectivity index (χ0v) is 5.52. The van der Waals surface area contributed by atoms with Gasteiger partial charge in [0, 0.05) is 6.42 Å². The van der Waals surface area contributed by atoms with Crippen molar-refractivity contribution in [3.05, 3.63) is 11.2 Å². The summed E-state index contributed by atoms with van der Waals surface area (Å²) in [6, 6.07) is 0. The summed E-state index contributed by atoms with van der Waals surface area (Å²) >= 11 is 10.9. The summed E-state index contributed by atoms with van der Waals surface area (Å²) in [7, 11) is 0. The van der Waals surface area contributed by atoms with Crippen LogP contribution in [0.2, 0.25) is 0 Å². The molecule has 0 saturated heterocycles. The fraction of sp³-hybridized carbons (Fsp3) is 0.500. The third kappa shape index (κ3) is 1.46. The van der Waals surface area contributed by atoms with Gasteiger partial charge in [0.2, 0.25) is 0 Å². The van der Waals surface area contributed by atoms with E-state index in [1.807, 2.05) is 0 Å². The van der Waals surface area contributed by atoms with Crippen LogP contribution in [0.25, 0.3) is 0 Å². The third-order valence-electron chi connectivity index (χ3n) is 0.759. The lowest BCUT2D eigenvalue weighted by Gasteiger charge is -2.01. The van der Waals surface area contributed by atoms with Gasteiger partial charge in [-0.2, -0.15) is 5.11 Å². The van der Waals surface area contributed by atoms with Crippen LogP contribution in [-0.2, 0) is 0 Å². The fourth-order valence-corrected chi connectivity index (χ4v) is 0.666. The second-order valence-corrected chi connectivity index (χ2v) is 2.30. The summed E-state index contributed by atoms with van der Waals surface area (Å²) in [5.41, 5.74) is -0.211. The number of rotatable bonds is 0. The average molecular weight is 151 g/mol. The molecule has 1 aliphatic heterocycles. The minimum atomic E-state index is -0.211. The molecule has 0 saturated carbocycles. The predicted octanol–water partition coefficient (Wildman–Crippen LogP) is 2.49. The van der Waals surface area contributed by atoms with Crippen molar-refractivity contribution in [2.24, 2.45) is 10.2 Å². The molecular weight excluding hydrogens is 147 g/mol. The van der Waals surface area contributed by atoms with E-state index in [1.54, 1.807) is 6.08 Å². The van der Waals surface area contributed by atoms with E-state index in [0.29, 0.717) is 11.6 Å². The maximum Gasteiger partial charge on any atom is 0.148 e. The monoisotopic (exact) mass is 150 g/mol. The summed E-state index contributed by atoms with van der Waals surface area (Å²) < 4.78 is 0. The number of nitrogens with zero attached hydrogens (tertiary/aromatic N) is 2. The van der Waals surface area contributed by atoms with E-state index < -0.39 is 0 Å². The van der Waals surface area contributed by atoms with Crippen molar-refractivity contribution in [2.45, 2.75) is 11.9 Å². The third-order valence-corrected chi connectivity index (χ3v) is 1.25. The molecule has 8 heavy (non-hydrogen) atoms. The molecule has 1 aliphatic rings. The molecule has 0 N–H and O–H groups in total. The van der Waals surface area contributed by atoms with Gasteiger partial charge in [-0.05, 0) is 6.08 Å². The van der Waals surface area contributed by atoms with Crippen LogP contribution in [-0.4, -0.2) is 5.50 Å². The van der Waals surface area contributed by atoms with E-state index in [-0.39, 0.29) is 5.50 Å². The fourth-order valence-electron chi connectivity index (χ4n) is 0.400. The van der Waals surface area contributed by atoms with Crippen LogP contribution < -0.4 is 0 Å². The Hall–Kier alpha value is -0.0800. The Kier molecular flexibility index (Phi) is 1.86. The van der Waals surface area contributed by atoms with Crippen LogP contribution in [0.1, 0.15) is 6.42 Å². The highest BCUT2D eigenvalue weighted by Gasteiger charge is 2.04. The Morgan fingerprint density at radius 3 is 2.88 bits per heavy atom. The molecule has 0 aromatic rings. The molecule has 0 spiro atoms. The van der Waals surface area contributed by atoms with Gasteiger partial charge in [-0.1, -0.05) is 23.2 Å². The first kappa shape index (κ1) is 6.05. The largest absolute Gasteiger partial charge is 0.168 e. The van der Waals surface area contributed by atoms with Gasteiger partial charge in [-0.3, -0.25) is 0 Å². The van der Waals surface area contributed by atoms with Crippen molar-refractivity contribution in [1.82, 2.24) is 0 Å². The lowest BCUT2D eigenvalue weighted by molar-refractivity contribution is 0.816. The topological polar surface area (TPSA) is 24.7 Å². The molecule has 0 aliphatic carbocycles. The van der Waals surface area contributed by atoms with Crippen molar-refractivity contribution < 1.29 is 0 Å². The van der Waals surface area contributed by atoms with Gasteiger partial charge in [0.1, 0.15) is 10.7 Å². The van der Waals surface area contributed by atoms with Crippen LogP contribution >= 0.6 is 23.2 Å². The summed E-state index contributed by atoms with van der Waals surface area (Å²) in [6.45, 7) is 0. The second kappa shape index (κ2) is 2.46. The van der Waals surface area contributed by atoms with Crippen molar-refractivity contribution in [2.75, 3.05) is 0 Å². The quantitative estimate of drug-likeness (QED) is 0.375. The molecule has 1 heterocycles. The SMILES string of the molecule is ClC1=CCC(Cl)N=N1. The zero-order chi connectivity index (χ0) is 5.98. The normalized spacial score (nSPS) is 27.8. The number of azo groups is 1. The van der Waals surface area contributed by atoms with E-state index in [2.05, 4.69) is 10.2 Å². The molecule has 0 fully saturated rings. The van der Waals surface area contributed by atoms with Crippen LogP contribution in [0.5, 0.6) is 0 Å². The molecule has 0 bridgehead atoms. The summed E-state index contributed by atoms with van der Waals surface area (Å²) in [5, 5.41) is 7.56. The summed E-state index contributed by atoms with van der Waals surface area (Å²) in [6.07, 6.45) is 2.43. The number of alkyl halides is 1. The van der Waals surface area contributed by atoms with E-state index >= 15 is 0 Å². The van der Waals surface area contributed by atoms with Gasteiger partial charge in [0.15, 0.2) is 0 Å². The maximum atomic E-state index is 5.52. The lowest BCUT2D eigenvalue weighted by atomic mass is 10.4. The van der Waals surface area contributed by atoms with Gasteiger partial charge in [-0.25, -0.2) is 0 Å². The smallest absolute Gasteiger partial charge is 0.148 e.